The molecule has 1 amide bonds. The van der Waals surface area contributed by atoms with Gasteiger partial charge in [0.2, 0.25) is 5.88 Å². The van der Waals surface area contributed by atoms with Crippen molar-refractivity contribution in [3.63, 3.8) is 0 Å². The van der Waals surface area contributed by atoms with Crippen LogP contribution in [0, 0.1) is 11.6 Å². The Labute approximate surface area is 196 Å². The highest BCUT2D eigenvalue weighted by Gasteiger charge is 2.30. The zero-order valence-corrected chi connectivity index (χ0v) is 18.0. The third kappa shape index (κ3) is 6.23. The molecular weight excluding hydrogens is 469 g/mol. The fraction of sp³-hybridized carbons (Fsp3) is 0.120. The smallest absolute Gasteiger partial charge is 0.416 e. The van der Waals surface area contributed by atoms with Crippen LogP contribution in [-0.2, 0) is 19.3 Å². The quantitative estimate of drug-likeness (QED) is 0.323. The van der Waals surface area contributed by atoms with Crippen molar-refractivity contribution >= 4 is 11.6 Å². The summed E-state index contributed by atoms with van der Waals surface area (Å²) in [6.07, 6.45) is -3.23. The summed E-state index contributed by atoms with van der Waals surface area (Å²) in [6, 6.07) is 15.6. The minimum atomic E-state index is -4.57. The molecular formula is C25H18F5N3O2. The zero-order valence-electron chi connectivity index (χ0n) is 18.0. The normalized spacial score (nSPS) is 11.3. The van der Waals surface area contributed by atoms with Crippen LogP contribution in [0.4, 0.5) is 27.6 Å². The van der Waals surface area contributed by atoms with E-state index in [1.165, 1.54) is 59.4 Å². The molecule has 0 saturated heterocycles. The van der Waals surface area contributed by atoms with E-state index in [4.69, 9.17) is 4.74 Å². The third-order valence-corrected chi connectivity index (χ3v) is 4.92. The molecule has 4 aromatic rings. The highest BCUT2D eigenvalue weighted by atomic mass is 19.4. The van der Waals surface area contributed by atoms with Gasteiger partial charge in [0.05, 0.1) is 12.1 Å². The Kier molecular flexibility index (Phi) is 6.81. The van der Waals surface area contributed by atoms with Gasteiger partial charge in [0, 0.05) is 11.9 Å². The topological polar surface area (TPSA) is 56.2 Å². The summed E-state index contributed by atoms with van der Waals surface area (Å²) in [5.41, 5.74) is -0.00313. The second kappa shape index (κ2) is 9.96. The lowest BCUT2D eigenvalue weighted by Gasteiger charge is -2.10. The Morgan fingerprint density at radius 3 is 2.26 bits per heavy atom. The number of alkyl halides is 3. The second-order valence-electron chi connectivity index (χ2n) is 7.63. The van der Waals surface area contributed by atoms with Crippen molar-refractivity contribution in [2.75, 3.05) is 5.32 Å². The first-order valence-electron chi connectivity index (χ1n) is 10.3. The van der Waals surface area contributed by atoms with Gasteiger partial charge in [-0.2, -0.15) is 13.2 Å². The van der Waals surface area contributed by atoms with Crippen LogP contribution in [0.15, 0.2) is 79.0 Å². The predicted molar refractivity (Wildman–Crippen MR) is 118 cm³/mol. The summed E-state index contributed by atoms with van der Waals surface area (Å²) in [5.74, 6) is -1.79. The molecule has 0 fully saturated rings. The lowest BCUT2D eigenvalue weighted by molar-refractivity contribution is -0.137. The zero-order chi connectivity index (χ0) is 25.0. The molecule has 0 spiro atoms. The monoisotopic (exact) mass is 487 g/mol. The minimum absolute atomic E-state index is 0.0600. The summed E-state index contributed by atoms with van der Waals surface area (Å²) < 4.78 is 73.1. The fourth-order valence-electron chi connectivity index (χ4n) is 3.32. The van der Waals surface area contributed by atoms with E-state index in [0.717, 1.165) is 12.1 Å². The van der Waals surface area contributed by atoms with Crippen molar-refractivity contribution in [2.45, 2.75) is 19.3 Å². The van der Waals surface area contributed by atoms with Crippen molar-refractivity contribution in [2.24, 2.45) is 0 Å². The maximum Gasteiger partial charge on any atom is 0.416 e. The van der Waals surface area contributed by atoms with Gasteiger partial charge in [-0.25, -0.2) is 8.78 Å². The number of hydrogen-bond acceptors (Lipinski definition) is 3. The molecule has 3 aromatic carbocycles. The number of nitrogens with zero attached hydrogens (tertiary/aromatic N) is 2. The number of carbonyl (C=O) groups is 1. The number of amides is 1. The fourth-order valence-corrected chi connectivity index (χ4v) is 3.32. The molecule has 0 radical (unpaired) electrons. The van der Waals surface area contributed by atoms with Gasteiger partial charge in [-0.1, -0.05) is 30.3 Å². The first kappa shape index (κ1) is 23.9. The molecule has 1 aromatic heterocycles. The molecule has 0 saturated carbocycles. The Morgan fingerprint density at radius 2 is 1.57 bits per heavy atom. The van der Waals surface area contributed by atoms with E-state index in [-0.39, 0.29) is 30.3 Å². The number of nitrogens with one attached hydrogen (secondary N) is 1. The third-order valence-electron chi connectivity index (χ3n) is 4.92. The Morgan fingerprint density at radius 1 is 0.914 bits per heavy atom. The van der Waals surface area contributed by atoms with Gasteiger partial charge >= 0.3 is 6.18 Å². The number of hydrogen-bond donors (Lipinski definition) is 1. The number of halogens is 5. The number of anilines is 1. The number of ether oxygens (including phenoxy) is 1. The summed E-state index contributed by atoms with van der Waals surface area (Å²) in [4.78, 5) is 12.9. The van der Waals surface area contributed by atoms with Gasteiger partial charge in [-0.05, 0) is 53.6 Å². The van der Waals surface area contributed by atoms with E-state index in [0.29, 0.717) is 11.1 Å². The van der Waals surface area contributed by atoms with Crippen LogP contribution in [0.1, 0.15) is 27.0 Å². The van der Waals surface area contributed by atoms with Crippen molar-refractivity contribution in [1.82, 2.24) is 9.78 Å². The Hall–Kier alpha value is -4.21. The summed E-state index contributed by atoms with van der Waals surface area (Å²) in [5, 5.41) is 6.64. The van der Waals surface area contributed by atoms with Crippen LogP contribution in [0.25, 0.3) is 0 Å². The largest absolute Gasteiger partial charge is 0.471 e. The summed E-state index contributed by atoms with van der Waals surface area (Å²) in [7, 11) is 0. The average molecular weight is 487 g/mol. The van der Waals surface area contributed by atoms with Crippen LogP contribution in [0.2, 0.25) is 0 Å². The van der Waals surface area contributed by atoms with Crippen molar-refractivity contribution < 1.29 is 31.5 Å². The second-order valence-corrected chi connectivity index (χ2v) is 7.63. The SMILES string of the molecule is O=C(Nc1cccc(C(F)(F)F)c1)c1cn(Cc2cccc(F)c2)nc1OCc1cccc(F)c1. The lowest BCUT2D eigenvalue weighted by atomic mass is 10.2. The maximum absolute atomic E-state index is 13.6. The van der Waals surface area contributed by atoms with Crippen LogP contribution in [-0.4, -0.2) is 15.7 Å². The van der Waals surface area contributed by atoms with E-state index < -0.39 is 29.3 Å². The standard InChI is InChI=1S/C25H18F5N3O2/c26-19-7-1-4-16(10-19)13-33-14-22(24(32-33)35-15-17-5-2-8-20(27)11-17)23(34)31-21-9-3-6-18(12-21)25(28,29)30/h1-12,14H,13,15H2,(H,31,34). The highest BCUT2D eigenvalue weighted by Crippen LogP contribution is 2.31. The molecule has 5 nitrogen and oxygen atoms in total. The highest BCUT2D eigenvalue weighted by molar-refractivity contribution is 6.05. The maximum atomic E-state index is 13.6. The van der Waals surface area contributed by atoms with Gasteiger partial charge in [-0.15, -0.1) is 5.10 Å². The summed E-state index contributed by atoms with van der Waals surface area (Å²) >= 11 is 0. The first-order chi connectivity index (χ1) is 16.7. The van der Waals surface area contributed by atoms with Crippen molar-refractivity contribution in [1.29, 1.82) is 0 Å². The molecule has 180 valence electrons. The van der Waals surface area contributed by atoms with Gasteiger partial charge in [0.25, 0.3) is 5.91 Å². The van der Waals surface area contributed by atoms with E-state index in [2.05, 4.69) is 10.4 Å². The molecule has 1 heterocycles. The Bertz CT molecular complexity index is 1350. The number of carbonyl (C=O) groups excluding carboxylic acids is 1. The minimum Gasteiger partial charge on any atom is -0.471 e. The average Bonchev–Trinajstić information content (AvgIpc) is 3.20. The van der Waals surface area contributed by atoms with E-state index in [1.54, 1.807) is 12.1 Å². The summed E-state index contributed by atoms with van der Waals surface area (Å²) in [6.45, 7) is -0.0104. The molecule has 0 aliphatic carbocycles. The van der Waals surface area contributed by atoms with Gasteiger partial charge in [0.15, 0.2) is 0 Å². The molecule has 0 unspecified atom stereocenters. The van der Waals surface area contributed by atoms with Gasteiger partial charge < -0.3 is 10.1 Å². The van der Waals surface area contributed by atoms with Crippen molar-refractivity contribution in [3.8, 4) is 5.88 Å². The molecule has 0 aliphatic heterocycles. The predicted octanol–water partition coefficient (Wildman–Crippen LogP) is 6.06. The first-order valence-corrected chi connectivity index (χ1v) is 10.3. The molecule has 0 atom stereocenters. The lowest BCUT2D eigenvalue weighted by Crippen LogP contribution is -2.14. The number of rotatable bonds is 7. The van der Waals surface area contributed by atoms with Crippen LogP contribution in [0.3, 0.4) is 0 Å². The number of benzene rings is 3. The molecule has 0 bridgehead atoms. The van der Waals surface area contributed by atoms with Crippen LogP contribution in [0.5, 0.6) is 5.88 Å². The van der Waals surface area contributed by atoms with Crippen LogP contribution < -0.4 is 10.1 Å². The van der Waals surface area contributed by atoms with E-state index in [9.17, 15) is 26.7 Å². The molecule has 35 heavy (non-hydrogen) atoms. The van der Waals surface area contributed by atoms with E-state index >= 15 is 0 Å². The molecule has 10 heteroatoms. The molecule has 0 aliphatic rings. The van der Waals surface area contributed by atoms with Gasteiger partial charge in [-0.3, -0.25) is 9.48 Å². The number of aromatic nitrogens is 2. The molecule has 1 N–H and O–H groups in total. The molecule has 4 rings (SSSR count). The van der Waals surface area contributed by atoms with Crippen molar-refractivity contribution in [3.05, 3.63) is 113 Å². The van der Waals surface area contributed by atoms with Crippen LogP contribution >= 0.6 is 0 Å². The van der Waals surface area contributed by atoms with E-state index in [1.807, 2.05) is 0 Å². The van der Waals surface area contributed by atoms with Gasteiger partial charge in [0.1, 0.15) is 23.8 Å². The Balaban J connectivity index is 1.60.